The van der Waals surface area contributed by atoms with E-state index in [1.807, 2.05) is 42.5 Å². The van der Waals surface area contributed by atoms with Crippen LogP contribution in [-0.4, -0.2) is 50.3 Å². The highest BCUT2D eigenvalue weighted by atomic mass is 35.5. The van der Waals surface area contributed by atoms with E-state index in [1.54, 1.807) is 11.3 Å². The van der Waals surface area contributed by atoms with Crippen molar-refractivity contribution in [3.8, 4) is 0 Å². The minimum Gasteiger partial charge on any atom is -0.391 e. The topological polar surface area (TPSA) is 58.2 Å². The quantitative estimate of drug-likeness (QED) is 0.395. The van der Waals surface area contributed by atoms with Gasteiger partial charge in [0.15, 0.2) is 0 Å². The fourth-order valence-electron chi connectivity index (χ4n) is 4.62. The molecule has 33 heavy (non-hydrogen) atoms. The summed E-state index contributed by atoms with van der Waals surface area (Å²) < 4.78 is 0. The van der Waals surface area contributed by atoms with E-state index in [0.717, 1.165) is 49.2 Å². The van der Waals surface area contributed by atoms with Crippen molar-refractivity contribution in [2.24, 2.45) is 0 Å². The third-order valence-electron chi connectivity index (χ3n) is 6.41. The van der Waals surface area contributed by atoms with Crippen molar-refractivity contribution in [1.29, 1.82) is 0 Å². The first-order valence-electron chi connectivity index (χ1n) is 11.6. The maximum atomic E-state index is 13.0. The molecule has 1 aliphatic heterocycles. The van der Waals surface area contributed by atoms with Crippen molar-refractivity contribution < 1.29 is 19.7 Å². The van der Waals surface area contributed by atoms with Gasteiger partial charge in [-0.05, 0) is 36.8 Å². The SMILES string of the molecule is CCc1cc([C@H](c2ccc(Cl)cc2)[NH+]2CC[NH+](CCO)CC2)c(NC(=O)c2ccccc2)s1. The van der Waals surface area contributed by atoms with Gasteiger partial charge >= 0.3 is 0 Å². The van der Waals surface area contributed by atoms with Crippen LogP contribution in [0.4, 0.5) is 5.00 Å². The Morgan fingerprint density at radius 2 is 1.79 bits per heavy atom. The van der Waals surface area contributed by atoms with Crippen molar-refractivity contribution in [1.82, 2.24) is 0 Å². The van der Waals surface area contributed by atoms with Gasteiger partial charge < -0.3 is 20.2 Å². The first-order chi connectivity index (χ1) is 16.1. The van der Waals surface area contributed by atoms with Crippen LogP contribution in [0.5, 0.6) is 0 Å². The normalized spacial score (nSPS) is 19.2. The third kappa shape index (κ3) is 5.83. The second-order valence-electron chi connectivity index (χ2n) is 8.54. The molecule has 1 aromatic heterocycles. The van der Waals surface area contributed by atoms with Crippen LogP contribution >= 0.6 is 22.9 Å². The highest BCUT2D eigenvalue weighted by molar-refractivity contribution is 7.16. The number of aliphatic hydroxyl groups excluding tert-OH is 1. The number of thiophene rings is 1. The minimum absolute atomic E-state index is 0.0802. The zero-order valence-corrected chi connectivity index (χ0v) is 20.5. The molecule has 2 heterocycles. The van der Waals surface area contributed by atoms with Gasteiger partial charge in [-0.15, -0.1) is 11.3 Å². The maximum Gasteiger partial charge on any atom is 0.256 e. The number of carbonyl (C=O) groups is 1. The number of carbonyl (C=O) groups excluding carboxylic acids is 1. The van der Waals surface area contributed by atoms with Gasteiger partial charge in [0.25, 0.3) is 5.91 Å². The number of piperazine rings is 1. The largest absolute Gasteiger partial charge is 0.391 e. The number of nitrogens with one attached hydrogen (secondary N) is 3. The molecule has 0 bridgehead atoms. The summed E-state index contributed by atoms with van der Waals surface area (Å²) in [7, 11) is 0. The van der Waals surface area contributed by atoms with Crippen LogP contribution in [0.25, 0.3) is 0 Å². The van der Waals surface area contributed by atoms with Crippen molar-refractivity contribution in [2.45, 2.75) is 19.4 Å². The van der Waals surface area contributed by atoms with E-state index < -0.39 is 0 Å². The van der Waals surface area contributed by atoms with Crippen molar-refractivity contribution in [3.63, 3.8) is 0 Å². The van der Waals surface area contributed by atoms with Crippen LogP contribution in [0.3, 0.4) is 0 Å². The van der Waals surface area contributed by atoms with Gasteiger partial charge in [0.05, 0.1) is 6.61 Å². The molecule has 1 amide bonds. The number of amides is 1. The standard InChI is InChI=1S/C26H30ClN3O2S/c1-2-22-18-23(26(33-22)28-25(32)20-6-4-3-5-7-20)24(19-8-10-21(27)11-9-19)30-14-12-29(13-15-30)16-17-31/h3-11,18,24,31H,2,12-17H2,1H3,(H,28,32)/p+2/t24-/m0/s1. The van der Waals surface area contributed by atoms with Crippen LogP contribution in [0.1, 0.15) is 39.3 Å². The summed E-state index contributed by atoms with van der Waals surface area (Å²) in [5.74, 6) is -0.0802. The Labute approximate surface area is 204 Å². The summed E-state index contributed by atoms with van der Waals surface area (Å²) >= 11 is 7.88. The Kier molecular flexibility index (Phi) is 8.17. The molecule has 1 aliphatic rings. The highest BCUT2D eigenvalue weighted by Crippen LogP contribution is 2.35. The average molecular weight is 486 g/mol. The molecule has 0 spiro atoms. The number of aliphatic hydroxyl groups is 1. The molecule has 4 N–H and O–H groups in total. The molecule has 0 aliphatic carbocycles. The van der Waals surface area contributed by atoms with E-state index >= 15 is 0 Å². The molecule has 3 aromatic rings. The predicted octanol–water partition coefficient (Wildman–Crippen LogP) is 2.08. The zero-order chi connectivity index (χ0) is 23.2. The molecule has 1 atom stereocenters. The van der Waals surface area contributed by atoms with E-state index in [0.29, 0.717) is 5.56 Å². The molecule has 0 radical (unpaired) electrons. The second kappa shape index (κ2) is 11.3. The first kappa shape index (κ1) is 23.9. The van der Waals surface area contributed by atoms with Crippen molar-refractivity contribution in [2.75, 3.05) is 44.6 Å². The number of benzene rings is 2. The Morgan fingerprint density at radius 3 is 2.42 bits per heavy atom. The van der Waals surface area contributed by atoms with E-state index in [1.165, 1.54) is 25.8 Å². The summed E-state index contributed by atoms with van der Waals surface area (Å²) in [4.78, 5) is 17.2. The summed E-state index contributed by atoms with van der Waals surface area (Å²) in [6.45, 7) is 7.24. The van der Waals surface area contributed by atoms with Gasteiger partial charge in [0, 0.05) is 26.6 Å². The monoisotopic (exact) mass is 485 g/mol. The molecule has 7 heteroatoms. The molecule has 174 valence electrons. The van der Waals surface area contributed by atoms with Gasteiger partial charge in [-0.25, -0.2) is 0 Å². The number of quaternary nitrogens is 2. The average Bonchev–Trinajstić information content (AvgIpc) is 3.24. The van der Waals surface area contributed by atoms with Crippen LogP contribution in [0.2, 0.25) is 5.02 Å². The number of halogens is 1. The highest BCUT2D eigenvalue weighted by Gasteiger charge is 2.34. The van der Waals surface area contributed by atoms with E-state index in [9.17, 15) is 9.90 Å². The van der Waals surface area contributed by atoms with Crippen LogP contribution < -0.4 is 15.1 Å². The number of aryl methyl sites for hydroxylation is 1. The van der Waals surface area contributed by atoms with Gasteiger partial charge in [-0.3, -0.25) is 4.79 Å². The number of hydrogen-bond donors (Lipinski definition) is 4. The Balaban J connectivity index is 1.68. The Bertz CT molecular complexity index is 1050. The fraction of sp³-hybridized carbons (Fsp3) is 0.346. The van der Waals surface area contributed by atoms with Gasteiger partial charge in [-0.1, -0.05) is 48.9 Å². The van der Waals surface area contributed by atoms with Crippen LogP contribution in [0.15, 0.2) is 60.7 Å². The fourth-order valence-corrected chi connectivity index (χ4v) is 5.78. The maximum absolute atomic E-state index is 13.0. The van der Waals surface area contributed by atoms with Gasteiger partial charge in [0.2, 0.25) is 0 Å². The Hall–Kier alpha value is -2.22. The molecular weight excluding hydrogens is 454 g/mol. The smallest absolute Gasteiger partial charge is 0.256 e. The lowest BCUT2D eigenvalue weighted by atomic mass is 9.97. The van der Waals surface area contributed by atoms with Gasteiger partial charge in [-0.2, -0.15) is 0 Å². The lowest BCUT2D eigenvalue weighted by Crippen LogP contribution is -3.28. The molecule has 2 aromatic carbocycles. The molecule has 1 saturated heterocycles. The van der Waals surface area contributed by atoms with Crippen LogP contribution in [-0.2, 0) is 6.42 Å². The molecule has 4 rings (SSSR count). The molecule has 5 nitrogen and oxygen atoms in total. The summed E-state index contributed by atoms with van der Waals surface area (Å²) in [6, 6.07) is 19.9. The first-order valence-corrected chi connectivity index (χ1v) is 12.8. The summed E-state index contributed by atoms with van der Waals surface area (Å²) in [5.41, 5.74) is 3.03. The van der Waals surface area contributed by atoms with Crippen LogP contribution in [0, 0.1) is 0 Å². The second-order valence-corrected chi connectivity index (χ2v) is 10.1. The van der Waals surface area contributed by atoms with Gasteiger partial charge in [0.1, 0.15) is 43.8 Å². The number of hydrogen-bond acceptors (Lipinski definition) is 3. The van der Waals surface area contributed by atoms with Crippen molar-refractivity contribution in [3.05, 3.63) is 87.3 Å². The molecule has 1 fully saturated rings. The summed E-state index contributed by atoms with van der Waals surface area (Å²) in [5, 5.41) is 14.2. The van der Waals surface area contributed by atoms with E-state index in [-0.39, 0.29) is 18.6 Å². The number of anilines is 1. The summed E-state index contributed by atoms with van der Waals surface area (Å²) in [6.07, 6.45) is 0.927. The molecule has 0 saturated carbocycles. The zero-order valence-electron chi connectivity index (χ0n) is 18.9. The minimum atomic E-state index is -0.0802. The lowest BCUT2D eigenvalue weighted by molar-refractivity contribution is -1.02. The predicted molar refractivity (Wildman–Crippen MR) is 135 cm³/mol. The van der Waals surface area contributed by atoms with Crippen molar-refractivity contribution >= 4 is 33.8 Å². The third-order valence-corrected chi connectivity index (χ3v) is 7.87. The molecule has 0 unspecified atom stereocenters. The van der Waals surface area contributed by atoms with E-state index in [4.69, 9.17) is 11.6 Å². The van der Waals surface area contributed by atoms with E-state index in [2.05, 4.69) is 30.4 Å². The molecular formula is C26H32ClN3O2S+2. The Morgan fingerprint density at radius 1 is 1.09 bits per heavy atom. The number of rotatable bonds is 8. The lowest BCUT2D eigenvalue weighted by Gasteiger charge is -2.35.